The Hall–Kier alpha value is -2.83. The maximum absolute atomic E-state index is 13.6. The highest BCUT2D eigenvalue weighted by atomic mass is 19.1. The SMILES string of the molecule is Cc1cc(C[C@H](NC(=O)c2c(F)cccc2F)C(=O)O)cc(C)n1. The van der Waals surface area contributed by atoms with Crippen LogP contribution in [0.2, 0.25) is 0 Å². The number of carboxylic acids is 1. The number of aromatic nitrogens is 1. The molecule has 2 rings (SSSR count). The van der Waals surface area contributed by atoms with Gasteiger partial charge in [0.15, 0.2) is 0 Å². The molecule has 1 heterocycles. The molecule has 5 nitrogen and oxygen atoms in total. The topological polar surface area (TPSA) is 79.3 Å². The summed E-state index contributed by atoms with van der Waals surface area (Å²) in [6.45, 7) is 3.53. The number of nitrogens with zero attached hydrogens (tertiary/aromatic N) is 1. The van der Waals surface area contributed by atoms with Crippen molar-refractivity contribution in [2.45, 2.75) is 26.3 Å². The summed E-state index contributed by atoms with van der Waals surface area (Å²) in [5, 5.41) is 11.5. The Morgan fingerprint density at radius 3 is 2.21 bits per heavy atom. The Bertz CT molecular complexity index is 753. The van der Waals surface area contributed by atoms with Crippen molar-refractivity contribution in [3.63, 3.8) is 0 Å². The lowest BCUT2D eigenvalue weighted by atomic mass is 10.0. The van der Waals surface area contributed by atoms with Gasteiger partial charge < -0.3 is 10.4 Å². The van der Waals surface area contributed by atoms with Crippen molar-refractivity contribution in [3.8, 4) is 0 Å². The van der Waals surface area contributed by atoms with Crippen molar-refractivity contribution in [2.24, 2.45) is 0 Å². The number of aryl methyl sites for hydroxylation is 2. The minimum atomic E-state index is -1.32. The van der Waals surface area contributed by atoms with Crippen molar-refractivity contribution >= 4 is 11.9 Å². The zero-order valence-electron chi connectivity index (χ0n) is 13.1. The Balaban J connectivity index is 2.22. The van der Waals surface area contributed by atoms with E-state index in [1.807, 2.05) is 0 Å². The minimum Gasteiger partial charge on any atom is -0.480 e. The number of benzene rings is 1. The Kier molecular flexibility index (Phi) is 5.23. The summed E-state index contributed by atoms with van der Waals surface area (Å²) >= 11 is 0. The van der Waals surface area contributed by atoms with Gasteiger partial charge in [-0.05, 0) is 43.7 Å². The van der Waals surface area contributed by atoms with Gasteiger partial charge in [-0.3, -0.25) is 9.78 Å². The summed E-state index contributed by atoms with van der Waals surface area (Å²) in [5.41, 5.74) is 1.27. The van der Waals surface area contributed by atoms with E-state index in [-0.39, 0.29) is 6.42 Å². The molecule has 24 heavy (non-hydrogen) atoms. The van der Waals surface area contributed by atoms with Gasteiger partial charge >= 0.3 is 5.97 Å². The zero-order valence-corrected chi connectivity index (χ0v) is 13.1. The van der Waals surface area contributed by atoms with Gasteiger partial charge in [0.25, 0.3) is 5.91 Å². The molecule has 0 aliphatic carbocycles. The first-order valence-electron chi connectivity index (χ1n) is 7.19. The van der Waals surface area contributed by atoms with Crippen molar-refractivity contribution in [2.75, 3.05) is 0 Å². The molecule has 0 radical (unpaired) electrons. The summed E-state index contributed by atoms with van der Waals surface area (Å²) in [5.74, 6) is -4.51. The summed E-state index contributed by atoms with van der Waals surface area (Å²) in [6, 6.07) is 5.06. The van der Waals surface area contributed by atoms with Crippen molar-refractivity contribution in [1.82, 2.24) is 10.3 Å². The summed E-state index contributed by atoms with van der Waals surface area (Å²) in [7, 11) is 0. The fourth-order valence-electron chi connectivity index (χ4n) is 2.42. The highest BCUT2D eigenvalue weighted by molar-refractivity contribution is 5.97. The van der Waals surface area contributed by atoms with Crippen molar-refractivity contribution in [1.29, 1.82) is 0 Å². The quantitative estimate of drug-likeness (QED) is 0.880. The number of aliphatic carboxylic acids is 1. The second-order valence-electron chi connectivity index (χ2n) is 5.42. The van der Waals surface area contributed by atoms with Crippen LogP contribution in [0.25, 0.3) is 0 Å². The molecule has 2 N–H and O–H groups in total. The van der Waals surface area contributed by atoms with Gasteiger partial charge in [-0.2, -0.15) is 0 Å². The molecule has 0 aliphatic heterocycles. The smallest absolute Gasteiger partial charge is 0.326 e. The molecule has 0 spiro atoms. The monoisotopic (exact) mass is 334 g/mol. The molecule has 2 aromatic rings. The van der Waals surface area contributed by atoms with E-state index >= 15 is 0 Å². The molecular formula is C17H16F2N2O3. The molecule has 1 amide bonds. The van der Waals surface area contributed by atoms with E-state index in [0.717, 1.165) is 18.2 Å². The molecule has 1 atom stereocenters. The van der Waals surface area contributed by atoms with Gasteiger partial charge in [0.1, 0.15) is 23.2 Å². The first-order chi connectivity index (χ1) is 11.3. The Morgan fingerprint density at radius 1 is 1.17 bits per heavy atom. The number of carbonyl (C=O) groups is 2. The lowest BCUT2D eigenvalue weighted by Crippen LogP contribution is -2.43. The molecule has 0 saturated heterocycles. The Morgan fingerprint density at radius 2 is 1.71 bits per heavy atom. The van der Waals surface area contributed by atoms with Crippen LogP contribution in [0.15, 0.2) is 30.3 Å². The van der Waals surface area contributed by atoms with E-state index < -0.39 is 35.1 Å². The highest BCUT2D eigenvalue weighted by Gasteiger charge is 2.25. The highest BCUT2D eigenvalue weighted by Crippen LogP contribution is 2.13. The van der Waals surface area contributed by atoms with Crippen LogP contribution >= 0.6 is 0 Å². The van der Waals surface area contributed by atoms with E-state index in [9.17, 15) is 23.5 Å². The predicted molar refractivity (Wildman–Crippen MR) is 82.7 cm³/mol. The number of halogens is 2. The standard InChI is InChI=1S/C17H16F2N2O3/c1-9-6-11(7-10(2)20-9)8-14(17(23)24)21-16(22)15-12(18)4-3-5-13(15)19/h3-7,14H,8H2,1-2H3,(H,21,22)(H,23,24)/t14-/m0/s1. The van der Waals surface area contributed by atoms with Crippen molar-refractivity contribution < 1.29 is 23.5 Å². The van der Waals surface area contributed by atoms with Gasteiger partial charge in [-0.25, -0.2) is 13.6 Å². The molecule has 0 bridgehead atoms. The first-order valence-corrected chi connectivity index (χ1v) is 7.19. The molecule has 0 saturated carbocycles. The fraction of sp³-hybridized carbons (Fsp3) is 0.235. The normalized spacial score (nSPS) is 11.8. The van der Waals surface area contributed by atoms with E-state index in [1.165, 1.54) is 0 Å². The first kappa shape index (κ1) is 17.5. The van der Waals surface area contributed by atoms with Gasteiger partial charge in [0.05, 0.1) is 0 Å². The maximum Gasteiger partial charge on any atom is 0.326 e. The van der Waals surface area contributed by atoms with Crippen LogP contribution in [0.5, 0.6) is 0 Å². The van der Waals surface area contributed by atoms with Crippen LogP contribution in [-0.4, -0.2) is 28.0 Å². The van der Waals surface area contributed by atoms with E-state index in [1.54, 1.807) is 26.0 Å². The van der Waals surface area contributed by atoms with Crippen LogP contribution < -0.4 is 5.32 Å². The largest absolute Gasteiger partial charge is 0.480 e. The fourth-order valence-corrected chi connectivity index (χ4v) is 2.42. The Labute approximate surface area is 137 Å². The molecule has 0 aliphatic rings. The number of carboxylic acid groups (broad SMARTS) is 1. The van der Waals surface area contributed by atoms with Crippen LogP contribution in [0.3, 0.4) is 0 Å². The van der Waals surface area contributed by atoms with E-state index in [0.29, 0.717) is 17.0 Å². The van der Waals surface area contributed by atoms with E-state index in [2.05, 4.69) is 10.3 Å². The summed E-state index contributed by atoms with van der Waals surface area (Å²) in [4.78, 5) is 27.6. The maximum atomic E-state index is 13.6. The molecule has 126 valence electrons. The third-order valence-electron chi connectivity index (χ3n) is 3.37. The third-order valence-corrected chi connectivity index (χ3v) is 3.37. The summed E-state index contributed by atoms with van der Waals surface area (Å²) < 4.78 is 27.3. The average molecular weight is 334 g/mol. The van der Waals surface area contributed by atoms with Crippen LogP contribution in [0, 0.1) is 25.5 Å². The van der Waals surface area contributed by atoms with Gasteiger partial charge in [-0.1, -0.05) is 6.07 Å². The number of nitrogens with one attached hydrogen (secondary N) is 1. The zero-order chi connectivity index (χ0) is 17.9. The predicted octanol–water partition coefficient (Wildman–Crippen LogP) is 2.40. The van der Waals surface area contributed by atoms with Crippen molar-refractivity contribution in [3.05, 3.63) is 64.5 Å². The number of hydrogen-bond acceptors (Lipinski definition) is 3. The van der Waals surface area contributed by atoms with Crippen LogP contribution in [-0.2, 0) is 11.2 Å². The average Bonchev–Trinajstić information content (AvgIpc) is 2.45. The molecule has 0 fully saturated rings. The van der Waals surface area contributed by atoms with E-state index in [4.69, 9.17) is 0 Å². The number of hydrogen-bond donors (Lipinski definition) is 2. The lowest BCUT2D eigenvalue weighted by Gasteiger charge is -2.16. The molecular weight excluding hydrogens is 318 g/mol. The number of pyridine rings is 1. The second kappa shape index (κ2) is 7.16. The van der Waals surface area contributed by atoms with Gasteiger partial charge in [-0.15, -0.1) is 0 Å². The second-order valence-corrected chi connectivity index (χ2v) is 5.42. The minimum absolute atomic E-state index is 0.0264. The number of carbonyl (C=O) groups excluding carboxylic acids is 1. The lowest BCUT2D eigenvalue weighted by molar-refractivity contribution is -0.139. The van der Waals surface area contributed by atoms with Crippen LogP contribution in [0.1, 0.15) is 27.3 Å². The number of amides is 1. The van der Waals surface area contributed by atoms with Gasteiger partial charge in [0.2, 0.25) is 0 Å². The van der Waals surface area contributed by atoms with Crippen LogP contribution in [0.4, 0.5) is 8.78 Å². The molecule has 7 heteroatoms. The third kappa shape index (κ3) is 4.13. The van der Waals surface area contributed by atoms with Gasteiger partial charge in [0, 0.05) is 17.8 Å². The summed E-state index contributed by atoms with van der Waals surface area (Å²) in [6.07, 6.45) is -0.0264. The molecule has 1 aromatic carbocycles. The number of rotatable bonds is 5. The molecule has 0 unspecified atom stereocenters. The molecule has 1 aromatic heterocycles.